The number of hydrogen-bond acceptors (Lipinski definition) is 4. The number of anilines is 1. The maximum atomic E-state index is 13.8. The molecule has 3 aromatic rings. The molecule has 0 saturated heterocycles. The zero-order valence-corrected chi connectivity index (χ0v) is 25.1. The third-order valence-electron chi connectivity index (χ3n) is 7.40. The van der Waals surface area contributed by atoms with Crippen molar-refractivity contribution in [3.63, 3.8) is 0 Å². The van der Waals surface area contributed by atoms with Crippen molar-refractivity contribution < 1.29 is 14.3 Å². The number of fused-ring (bicyclic) bond motifs is 1. The number of carbonyl (C=O) groups excluding carboxylic acids is 2. The first-order valence-electron chi connectivity index (χ1n) is 14.8. The highest BCUT2D eigenvalue weighted by Gasteiger charge is 2.26. The summed E-state index contributed by atoms with van der Waals surface area (Å²) in [4.78, 5) is 33.7. The van der Waals surface area contributed by atoms with E-state index in [0.29, 0.717) is 31.8 Å². The monoisotopic (exact) mass is 555 g/mol. The quantitative estimate of drug-likeness (QED) is 0.350. The normalized spacial score (nSPS) is 15.4. The van der Waals surface area contributed by atoms with Gasteiger partial charge in [0.2, 0.25) is 5.91 Å². The highest BCUT2D eigenvalue weighted by Crippen LogP contribution is 2.29. The Kier molecular flexibility index (Phi) is 10.6. The predicted molar refractivity (Wildman–Crippen MR) is 166 cm³/mol. The number of amides is 2. The van der Waals surface area contributed by atoms with Crippen LogP contribution in [-0.4, -0.2) is 54.4 Å². The maximum Gasteiger partial charge on any atom is 0.264 e. The summed E-state index contributed by atoms with van der Waals surface area (Å²) in [7, 11) is 0. The Morgan fingerprint density at radius 1 is 0.780 bits per heavy atom. The molecule has 1 aliphatic heterocycles. The Labute approximate surface area is 245 Å². The average molecular weight is 556 g/mol. The van der Waals surface area contributed by atoms with E-state index in [-0.39, 0.29) is 23.8 Å². The van der Waals surface area contributed by atoms with Crippen LogP contribution in [0.25, 0.3) is 0 Å². The largest absolute Gasteiger partial charge is 0.484 e. The molecular formula is C35H45N3O3. The Balaban J connectivity index is 1.64. The van der Waals surface area contributed by atoms with Gasteiger partial charge in [0.15, 0.2) is 6.61 Å². The van der Waals surface area contributed by atoms with Crippen molar-refractivity contribution >= 4 is 17.5 Å². The molecule has 6 nitrogen and oxygen atoms in total. The van der Waals surface area contributed by atoms with Crippen LogP contribution in [0.3, 0.4) is 0 Å². The lowest BCUT2D eigenvalue weighted by molar-refractivity contribution is -0.133. The van der Waals surface area contributed by atoms with E-state index >= 15 is 0 Å². The van der Waals surface area contributed by atoms with Crippen LogP contribution < -0.4 is 9.64 Å². The summed E-state index contributed by atoms with van der Waals surface area (Å²) in [6.45, 7) is 12.6. The van der Waals surface area contributed by atoms with Crippen molar-refractivity contribution in [3.8, 4) is 5.75 Å². The summed E-state index contributed by atoms with van der Waals surface area (Å²) in [5.74, 6) is 0.749. The van der Waals surface area contributed by atoms with E-state index in [0.717, 1.165) is 49.3 Å². The SMILES string of the molecule is Cc1cccc2c1N(C(=O)COc1ccccc1)CCCN(Cc1ccccc1)CCCN(C(=O)CC(C)(C)C)C2. The van der Waals surface area contributed by atoms with Crippen molar-refractivity contribution in [2.75, 3.05) is 37.7 Å². The highest BCUT2D eigenvalue weighted by molar-refractivity contribution is 5.96. The van der Waals surface area contributed by atoms with Gasteiger partial charge in [0.05, 0.1) is 5.69 Å². The van der Waals surface area contributed by atoms with Crippen molar-refractivity contribution in [2.24, 2.45) is 5.41 Å². The fourth-order valence-electron chi connectivity index (χ4n) is 5.45. The summed E-state index contributed by atoms with van der Waals surface area (Å²) in [5, 5.41) is 0. The van der Waals surface area contributed by atoms with E-state index < -0.39 is 0 Å². The van der Waals surface area contributed by atoms with Gasteiger partial charge in [-0.2, -0.15) is 0 Å². The first-order chi connectivity index (χ1) is 19.7. The Hall–Kier alpha value is -3.64. The number of nitrogens with zero attached hydrogens (tertiary/aromatic N) is 3. The topological polar surface area (TPSA) is 53.1 Å². The Bertz CT molecular complexity index is 1270. The first kappa shape index (κ1) is 30.3. The van der Waals surface area contributed by atoms with Gasteiger partial charge in [-0.05, 0) is 54.0 Å². The van der Waals surface area contributed by atoms with E-state index in [2.05, 4.69) is 56.0 Å². The van der Waals surface area contributed by atoms with Crippen LogP contribution in [0.5, 0.6) is 5.75 Å². The minimum absolute atomic E-state index is 0.0435. The van der Waals surface area contributed by atoms with Crippen LogP contribution in [0.2, 0.25) is 0 Å². The first-order valence-corrected chi connectivity index (χ1v) is 14.8. The average Bonchev–Trinajstić information content (AvgIpc) is 2.93. The molecule has 3 aromatic carbocycles. The lowest BCUT2D eigenvalue weighted by Crippen LogP contribution is -2.41. The molecule has 1 heterocycles. The van der Waals surface area contributed by atoms with Crippen molar-refractivity contribution in [3.05, 3.63) is 95.6 Å². The van der Waals surface area contributed by atoms with Gasteiger partial charge in [-0.3, -0.25) is 14.5 Å². The summed E-state index contributed by atoms with van der Waals surface area (Å²) in [6.07, 6.45) is 2.22. The second-order valence-electron chi connectivity index (χ2n) is 12.3. The summed E-state index contributed by atoms with van der Waals surface area (Å²) in [6, 6.07) is 26.1. The lowest BCUT2D eigenvalue weighted by atomic mass is 9.91. The molecule has 218 valence electrons. The molecule has 0 atom stereocenters. The van der Waals surface area contributed by atoms with Crippen LogP contribution in [0.15, 0.2) is 78.9 Å². The number of aryl methyl sites for hydroxylation is 1. The molecule has 2 amide bonds. The van der Waals surface area contributed by atoms with Gasteiger partial charge >= 0.3 is 0 Å². The zero-order valence-electron chi connectivity index (χ0n) is 25.1. The molecule has 0 aromatic heterocycles. The maximum absolute atomic E-state index is 13.8. The van der Waals surface area contributed by atoms with Crippen LogP contribution in [-0.2, 0) is 22.7 Å². The van der Waals surface area contributed by atoms with Crippen LogP contribution in [0.4, 0.5) is 5.69 Å². The fraction of sp³-hybridized carbons (Fsp3) is 0.429. The summed E-state index contributed by atoms with van der Waals surface area (Å²) >= 11 is 0. The van der Waals surface area contributed by atoms with Crippen LogP contribution in [0.1, 0.15) is 56.7 Å². The smallest absolute Gasteiger partial charge is 0.264 e. The van der Waals surface area contributed by atoms with Gasteiger partial charge in [-0.15, -0.1) is 0 Å². The molecular weight excluding hydrogens is 510 g/mol. The van der Waals surface area contributed by atoms with Crippen molar-refractivity contribution in [1.29, 1.82) is 0 Å². The second-order valence-corrected chi connectivity index (χ2v) is 12.3. The van der Waals surface area contributed by atoms with Crippen LogP contribution in [0, 0.1) is 12.3 Å². The number of para-hydroxylation sites is 2. The molecule has 0 aliphatic carbocycles. The molecule has 0 unspecified atom stereocenters. The molecule has 0 bridgehead atoms. The molecule has 0 fully saturated rings. The molecule has 4 rings (SSSR count). The minimum Gasteiger partial charge on any atom is -0.484 e. The van der Waals surface area contributed by atoms with Crippen LogP contribution >= 0.6 is 0 Å². The van der Waals surface area contributed by atoms with Gasteiger partial charge in [-0.25, -0.2) is 0 Å². The predicted octanol–water partition coefficient (Wildman–Crippen LogP) is 6.47. The zero-order chi connectivity index (χ0) is 29.2. The highest BCUT2D eigenvalue weighted by atomic mass is 16.5. The third-order valence-corrected chi connectivity index (χ3v) is 7.40. The summed E-state index contributed by atoms with van der Waals surface area (Å²) in [5.41, 5.74) is 4.09. The number of benzene rings is 3. The summed E-state index contributed by atoms with van der Waals surface area (Å²) < 4.78 is 5.90. The molecule has 0 radical (unpaired) electrons. The molecule has 0 spiro atoms. The Morgan fingerprint density at radius 2 is 1.44 bits per heavy atom. The Morgan fingerprint density at radius 3 is 2.12 bits per heavy atom. The number of rotatable bonds is 6. The van der Waals surface area contributed by atoms with Gasteiger partial charge < -0.3 is 14.5 Å². The molecule has 1 aliphatic rings. The van der Waals surface area contributed by atoms with E-state index in [1.54, 1.807) is 0 Å². The van der Waals surface area contributed by atoms with E-state index in [4.69, 9.17) is 4.74 Å². The lowest BCUT2D eigenvalue weighted by Gasteiger charge is -2.33. The van der Waals surface area contributed by atoms with E-state index in [9.17, 15) is 9.59 Å². The number of carbonyl (C=O) groups is 2. The number of hydrogen-bond donors (Lipinski definition) is 0. The molecule has 6 heteroatoms. The molecule has 0 N–H and O–H groups in total. The van der Waals surface area contributed by atoms with Gasteiger partial charge in [0.1, 0.15) is 5.75 Å². The van der Waals surface area contributed by atoms with E-state index in [1.807, 2.05) is 65.3 Å². The molecule has 0 saturated carbocycles. The second kappa shape index (κ2) is 14.3. The third kappa shape index (κ3) is 9.19. The van der Waals surface area contributed by atoms with Gasteiger partial charge in [-0.1, -0.05) is 87.5 Å². The van der Waals surface area contributed by atoms with Gasteiger partial charge in [0.25, 0.3) is 5.91 Å². The van der Waals surface area contributed by atoms with E-state index in [1.165, 1.54) is 5.56 Å². The number of ether oxygens (including phenoxy) is 1. The minimum atomic E-state index is -0.105. The standard InChI is InChI=1S/C35H45N3O3/c1-28-14-11-17-30-26-37(32(39)24-35(2,3)4)22-12-20-36(25-29-15-7-5-8-16-29)21-13-23-38(34(28)30)33(40)27-41-31-18-9-6-10-19-31/h5-11,14-19H,12-13,20-27H2,1-4H3. The fourth-order valence-corrected chi connectivity index (χ4v) is 5.45. The molecule has 41 heavy (non-hydrogen) atoms. The van der Waals surface area contributed by atoms with Crippen molar-refractivity contribution in [2.45, 2.75) is 60.0 Å². The van der Waals surface area contributed by atoms with Crippen molar-refractivity contribution in [1.82, 2.24) is 9.80 Å². The van der Waals surface area contributed by atoms with Gasteiger partial charge in [0, 0.05) is 45.7 Å².